The van der Waals surface area contributed by atoms with Crippen molar-refractivity contribution in [1.82, 2.24) is 0 Å². The highest BCUT2D eigenvalue weighted by molar-refractivity contribution is 5.22. The minimum Gasteiger partial charge on any atom is -0.389 e. The Morgan fingerprint density at radius 3 is 2.44 bits per heavy atom. The molecule has 0 radical (unpaired) electrons. The molecule has 0 aromatic carbocycles. The predicted molar refractivity (Wildman–Crippen MR) is 66.1 cm³/mol. The maximum atomic E-state index is 11.1. The van der Waals surface area contributed by atoms with E-state index in [0.717, 1.165) is 11.8 Å². The number of hydrogen-bond donors (Lipinski definition) is 1. The van der Waals surface area contributed by atoms with Crippen LogP contribution in [0.4, 0.5) is 0 Å². The van der Waals surface area contributed by atoms with E-state index < -0.39 is 5.60 Å². The highest BCUT2D eigenvalue weighted by Gasteiger charge is 2.73. The van der Waals surface area contributed by atoms with Crippen LogP contribution in [0, 0.1) is 28.6 Å². The van der Waals surface area contributed by atoms with Crippen molar-refractivity contribution >= 4 is 0 Å². The topological polar surface area (TPSA) is 20.2 Å². The molecule has 3 fully saturated rings. The van der Waals surface area contributed by atoms with Gasteiger partial charge in [0.2, 0.25) is 0 Å². The van der Waals surface area contributed by atoms with Gasteiger partial charge in [-0.1, -0.05) is 20.8 Å². The summed E-state index contributed by atoms with van der Waals surface area (Å²) in [5, 5.41) is 11.1. The monoisotopic (exact) mass is 222 g/mol. The zero-order valence-corrected chi connectivity index (χ0v) is 11.2. The highest BCUT2D eigenvalue weighted by atomic mass is 16.3. The van der Waals surface area contributed by atoms with Crippen LogP contribution in [0.5, 0.6) is 0 Å². The molecule has 3 aliphatic carbocycles. The molecule has 16 heavy (non-hydrogen) atoms. The summed E-state index contributed by atoms with van der Waals surface area (Å²) in [6, 6.07) is 0. The molecule has 1 heteroatoms. The van der Waals surface area contributed by atoms with Gasteiger partial charge in [0.05, 0.1) is 5.60 Å². The van der Waals surface area contributed by atoms with Crippen molar-refractivity contribution in [1.29, 1.82) is 0 Å². The molecular formula is C15H26O. The lowest BCUT2D eigenvalue weighted by Gasteiger charge is -2.47. The normalized spacial score (nSPS) is 64.7. The van der Waals surface area contributed by atoms with Crippen molar-refractivity contribution in [3.63, 3.8) is 0 Å². The lowest BCUT2D eigenvalue weighted by atomic mass is 9.60. The van der Waals surface area contributed by atoms with E-state index >= 15 is 0 Å². The van der Waals surface area contributed by atoms with Gasteiger partial charge in [-0.3, -0.25) is 0 Å². The van der Waals surface area contributed by atoms with E-state index in [-0.39, 0.29) is 5.41 Å². The Morgan fingerprint density at radius 2 is 1.75 bits per heavy atom. The van der Waals surface area contributed by atoms with Crippen LogP contribution < -0.4 is 0 Å². The Balaban J connectivity index is 2.14. The maximum absolute atomic E-state index is 11.1. The van der Waals surface area contributed by atoms with Crippen molar-refractivity contribution in [2.75, 3.05) is 0 Å². The van der Waals surface area contributed by atoms with Crippen LogP contribution in [0.1, 0.15) is 59.8 Å². The largest absolute Gasteiger partial charge is 0.389 e. The Bertz CT molecular complexity index is 315. The molecule has 3 rings (SSSR count). The van der Waals surface area contributed by atoms with Crippen LogP contribution in [-0.4, -0.2) is 10.7 Å². The minimum absolute atomic E-state index is 0.249. The summed E-state index contributed by atoms with van der Waals surface area (Å²) in [4.78, 5) is 0. The molecule has 0 saturated heterocycles. The Hall–Kier alpha value is -0.0400. The third kappa shape index (κ3) is 0.903. The van der Waals surface area contributed by atoms with Crippen LogP contribution in [-0.2, 0) is 0 Å². The van der Waals surface area contributed by atoms with E-state index in [0.29, 0.717) is 11.3 Å². The molecular weight excluding hydrogens is 196 g/mol. The molecule has 0 heterocycles. The van der Waals surface area contributed by atoms with Gasteiger partial charge in [0.15, 0.2) is 0 Å². The van der Waals surface area contributed by atoms with Crippen LogP contribution >= 0.6 is 0 Å². The second-order valence-electron chi connectivity index (χ2n) is 7.45. The molecule has 1 spiro atoms. The van der Waals surface area contributed by atoms with Crippen molar-refractivity contribution in [2.24, 2.45) is 28.6 Å². The maximum Gasteiger partial charge on any atom is 0.0709 e. The van der Waals surface area contributed by atoms with Crippen LogP contribution in [0.25, 0.3) is 0 Å². The number of aliphatic hydroxyl groups is 1. The smallest absolute Gasteiger partial charge is 0.0709 e. The zero-order chi connectivity index (χ0) is 11.8. The first-order valence-corrected chi connectivity index (χ1v) is 7.07. The molecule has 1 N–H and O–H groups in total. The fourth-order valence-electron chi connectivity index (χ4n) is 6.14. The van der Waals surface area contributed by atoms with Crippen LogP contribution in [0.3, 0.4) is 0 Å². The van der Waals surface area contributed by atoms with E-state index in [1.54, 1.807) is 0 Å². The molecule has 6 atom stereocenters. The van der Waals surface area contributed by atoms with Crippen molar-refractivity contribution in [3.8, 4) is 0 Å². The minimum atomic E-state index is -0.423. The number of rotatable bonds is 0. The van der Waals surface area contributed by atoms with E-state index in [9.17, 15) is 5.11 Å². The summed E-state index contributed by atoms with van der Waals surface area (Å²) in [5.74, 6) is 2.10. The average Bonchev–Trinajstić information content (AvgIpc) is 2.71. The fraction of sp³-hybridized carbons (Fsp3) is 1.00. The average molecular weight is 222 g/mol. The lowest BCUT2D eigenvalue weighted by molar-refractivity contribution is -0.112. The van der Waals surface area contributed by atoms with Gasteiger partial charge in [0.1, 0.15) is 0 Å². The summed E-state index contributed by atoms with van der Waals surface area (Å²) in [7, 11) is 0. The first kappa shape index (κ1) is 11.1. The van der Waals surface area contributed by atoms with Crippen molar-refractivity contribution in [2.45, 2.75) is 65.4 Å². The van der Waals surface area contributed by atoms with Crippen LogP contribution in [0.15, 0.2) is 0 Å². The van der Waals surface area contributed by atoms with Gasteiger partial charge in [0, 0.05) is 5.41 Å². The third-order valence-electron chi connectivity index (χ3n) is 7.02. The van der Waals surface area contributed by atoms with Crippen LogP contribution in [0.2, 0.25) is 0 Å². The van der Waals surface area contributed by atoms with E-state index in [4.69, 9.17) is 0 Å². The Labute approximate surface area is 99.6 Å². The van der Waals surface area contributed by atoms with Gasteiger partial charge in [-0.2, -0.15) is 0 Å². The molecule has 1 unspecified atom stereocenters. The van der Waals surface area contributed by atoms with Gasteiger partial charge < -0.3 is 5.11 Å². The van der Waals surface area contributed by atoms with Crippen molar-refractivity contribution < 1.29 is 5.11 Å². The third-order valence-corrected chi connectivity index (χ3v) is 7.02. The molecule has 0 aromatic rings. The number of hydrogen-bond acceptors (Lipinski definition) is 1. The zero-order valence-electron chi connectivity index (χ0n) is 11.2. The van der Waals surface area contributed by atoms with Gasteiger partial charge >= 0.3 is 0 Å². The van der Waals surface area contributed by atoms with Gasteiger partial charge in [0.25, 0.3) is 0 Å². The van der Waals surface area contributed by atoms with E-state index in [1.165, 1.54) is 32.1 Å². The second-order valence-corrected chi connectivity index (χ2v) is 7.45. The Morgan fingerprint density at radius 1 is 1.06 bits per heavy atom. The van der Waals surface area contributed by atoms with Gasteiger partial charge in [-0.05, 0) is 62.2 Å². The fourth-order valence-corrected chi connectivity index (χ4v) is 6.14. The Kier molecular flexibility index (Phi) is 1.98. The summed E-state index contributed by atoms with van der Waals surface area (Å²) in [6.07, 6.45) is 6.56. The standard InChI is InChI=1S/C15H26O/c1-10-5-8-15-12(10)6-7-13(15,3)9-11(2)14(15,4)16/h10-12,16H,5-9H2,1-4H3/t10-,11+,12+,13+,14+,15?/m1/s1. The van der Waals surface area contributed by atoms with E-state index in [1.807, 2.05) is 0 Å². The SMILES string of the molecule is C[C@@H]1CCC23[C@H]1CC[C@@]2(C)C[C@H](C)[C@]3(C)O. The van der Waals surface area contributed by atoms with Gasteiger partial charge in [-0.15, -0.1) is 0 Å². The summed E-state index contributed by atoms with van der Waals surface area (Å²) >= 11 is 0. The quantitative estimate of drug-likeness (QED) is 0.664. The summed E-state index contributed by atoms with van der Waals surface area (Å²) in [5.41, 5.74) is 0.248. The first-order valence-electron chi connectivity index (χ1n) is 7.07. The summed E-state index contributed by atoms with van der Waals surface area (Å²) < 4.78 is 0. The molecule has 0 aliphatic heterocycles. The summed E-state index contributed by atoms with van der Waals surface area (Å²) in [6.45, 7) is 9.27. The molecule has 3 aliphatic rings. The highest BCUT2D eigenvalue weighted by Crippen LogP contribution is 2.76. The molecule has 3 saturated carbocycles. The second kappa shape index (κ2) is 2.85. The molecule has 1 nitrogen and oxygen atoms in total. The molecule has 0 aromatic heterocycles. The van der Waals surface area contributed by atoms with Gasteiger partial charge in [-0.25, -0.2) is 0 Å². The van der Waals surface area contributed by atoms with Crippen molar-refractivity contribution in [3.05, 3.63) is 0 Å². The first-order chi connectivity index (χ1) is 7.35. The molecule has 0 amide bonds. The molecule has 92 valence electrons. The lowest BCUT2D eigenvalue weighted by Crippen LogP contribution is -2.50. The predicted octanol–water partition coefficient (Wildman–Crippen LogP) is 3.61. The molecule has 0 bridgehead atoms. The van der Waals surface area contributed by atoms with E-state index in [2.05, 4.69) is 27.7 Å².